The van der Waals surface area contributed by atoms with E-state index in [9.17, 15) is 62.3 Å². The van der Waals surface area contributed by atoms with Crippen molar-refractivity contribution >= 4 is 11.9 Å². The topological polar surface area (TPSA) is 52.6 Å². The summed E-state index contributed by atoms with van der Waals surface area (Å²) in [5.41, 5.74) is -9.19. The standard InChI is InChI=1S/C25H20F12O4/c1-4-5-6-14(20(38)40-18-12(3)9-13(22(26,27)28)10-17(18)25(35,36)37)21(39)41-19-15(23(29,30)31)7-11(2)8-16(19)24(32,33)34/h7-10,14H,4-6H2,1-3H3. The molecule has 0 fully saturated rings. The summed E-state index contributed by atoms with van der Waals surface area (Å²) in [6.07, 6.45) is -22.2. The number of unbranched alkanes of at least 4 members (excludes halogenated alkanes) is 1. The minimum atomic E-state index is -5.51. The molecule has 0 saturated carbocycles. The lowest BCUT2D eigenvalue weighted by Gasteiger charge is -2.22. The Morgan fingerprint density at radius 1 is 0.659 bits per heavy atom. The molecule has 0 heterocycles. The first kappa shape index (κ1) is 33.7. The Bertz CT molecular complexity index is 1250. The summed E-state index contributed by atoms with van der Waals surface area (Å²) in [4.78, 5) is 25.6. The number of hydrogen-bond donors (Lipinski definition) is 0. The van der Waals surface area contributed by atoms with Crippen LogP contribution in [0, 0.1) is 19.8 Å². The smallest absolute Gasteiger partial charge is 0.420 e. The van der Waals surface area contributed by atoms with Crippen LogP contribution in [0.15, 0.2) is 24.3 Å². The zero-order valence-electron chi connectivity index (χ0n) is 21.2. The van der Waals surface area contributed by atoms with Crippen molar-refractivity contribution in [3.63, 3.8) is 0 Å². The van der Waals surface area contributed by atoms with Gasteiger partial charge in [-0.25, -0.2) is 0 Å². The molecule has 0 radical (unpaired) electrons. The van der Waals surface area contributed by atoms with E-state index in [1.165, 1.54) is 6.92 Å². The van der Waals surface area contributed by atoms with Crippen LogP contribution in [-0.2, 0) is 34.3 Å². The molecule has 0 aliphatic rings. The van der Waals surface area contributed by atoms with Crippen LogP contribution >= 0.6 is 0 Å². The highest BCUT2D eigenvalue weighted by Crippen LogP contribution is 2.46. The molecule has 4 nitrogen and oxygen atoms in total. The number of rotatable bonds is 7. The second-order valence-electron chi connectivity index (χ2n) is 8.89. The first-order chi connectivity index (χ1) is 18.5. The summed E-state index contributed by atoms with van der Waals surface area (Å²) in [6.45, 7) is 3.13. The Morgan fingerprint density at radius 2 is 1.07 bits per heavy atom. The van der Waals surface area contributed by atoms with Crippen LogP contribution in [0.5, 0.6) is 11.5 Å². The van der Waals surface area contributed by atoms with Gasteiger partial charge in [-0.2, -0.15) is 52.7 Å². The van der Waals surface area contributed by atoms with Crippen LogP contribution < -0.4 is 9.47 Å². The maximum absolute atomic E-state index is 13.6. The highest BCUT2D eigenvalue weighted by Gasteiger charge is 2.45. The second kappa shape index (κ2) is 11.8. The van der Waals surface area contributed by atoms with Gasteiger partial charge in [0.05, 0.1) is 22.3 Å². The maximum atomic E-state index is 13.6. The van der Waals surface area contributed by atoms with Crippen molar-refractivity contribution in [2.75, 3.05) is 0 Å². The van der Waals surface area contributed by atoms with E-state index in [-0.39, 0.29) is 37.1 Å². The number of halogens is 12. The van der Waals surface area contributed by atoms with Crippen molar-refractivity contribution in [1.82, 2.24) is 0 Å². The molecule has 1 unspecified atom stereocenters. The lowest BCUT2D eigenvalue weighted by Crippen LogP contribution is -2.33. The largest absolute Gasteiger partial charge is 0.425 e. The third-order valence-corrected chi connectivity index (χ3v) is 5.57. The summed E-state index contributed by atoms with van der Waals surface area (Å²) in [5, 5.41) is 0. The highest BCUT2D eigenvalue weighted by molar-refractivity contribution is 5.97. The molecule has 2 rings (SSSR count). The first-order valence-corrected chi connectivity index (χ1v) is 11.5. The number of carbonyl (C=O) groups is 2. The van der Waals surface area contributed by atoms with Gasteiger partial charge >= 0.3 is 36.6 Å². The molecule has 2 aromatic rings. The molecule has 0 N–H and O–H groups in total. The predicted octanol–water partition coefficient (Wildman–Crippen LogP) is 8.70. The Morgan fingerprint density at radius 3 is 1.46 bits per heavy atom. The average molecular weight is 612 g/mol. The van der Waals surface area contributed by atoms with Gasteiger partial charge in [0.25, 0.3) is 0 Å². The van der Waals surface area contributed by atoms with E-state index in [0.29, 0.717) is 0 Å². The molecule has 0 aromatic heterocycles. The number of hydrogen-bond acceptors (Lipinski definition) is 4. The molecule has 0 spiro atoms. The van der Waals surface area contributed by atoms with Gasteiger partial charge in [0.1, 0.15) is 5.75 Å². The number of carbonyl (C=O) groups excluding carboxylic acids is 2. The summed E-state index contributed by atoms with van der Waals surface area (Å²) < 4.78 is 170. The van der Waals surface area contributed by atoms with Gasteiger partial charge in [-0.3, -0.25) is 9.59 Å². The third-order valence-electron chi connectivity index (χ3n) is 5.57. The van der Waals surface area contributed by atoms with Gasteiger partial charge in [0, 0.05) is 0 Å². The van der Waals surface area contributed by atoms with E-state index in [1.54, 1.807) is 0 Å². The number of ether oxygens (including phenoxy) is 2. The molecule has 228 valence electrons. The lowest BCUT2D eigenvalue weighted by molar-refractivity contribution is -0.155. The molecule has 1 atom stereocenters. The van der Waals surface area contributed by atoms with Gasteiger partial charge in [0.15, 0.2) is 11.7 Å². The van der Waals surface area contributed by atoms with Crippen LogP contribution in [0.1, 0.15) is 59.6 Å². The quantitative estimate of drug-likeness (QED) is 0.136. The zero-order valence-corrected chi connectivity index (χ0v) is 21.2. The van der Waals surface area contributed by atoms with Crippen molar-refractivity contribution in [2.45, 2.75) is 64.7 Å². The Balaban J connectivity index is 2.60. The maximum Gasteiger partial charge on any atom is 0.420 e. The van der Waals surface area contributed by atoms with E-state index >= 15 is 0 Å². The van der Waals surface area contributed by atoms with Gasteiger partial charge < -0.3 is 9.47 Å². The van der Waals surface area contributed by atoms with Crippen molar-refractivity contribution in [2.24, 2.45) is 5.92 Å². The molecule has 0 bridgehead atoms. The third kappa shape index (κ3) is 8.28. The van der Waals surface area contributed by atoms with Crippen LogP contribution in [0.25, 0.3) is 0 Å². The number of aryl methyl sites for hydroxylation is 2. The van der Waals surface area contributed by atoms with Gasteiger partial charge in [-0.15, -0.1) is 0 Å². The fourth-order valence-corrected chi connectivity index (χ4v) is 3.67. The second-order valence-corrected chi connectivity index (χ2v) is 8.89. The van der Waals surface area contributed by atoms with Crippen molar-refractivity contribution in [3.8, 4) is 11.5 Å². The van der Waals surface area contributed by atoms with Gasteiger partial charge in [0.2, 0.25) is 0 Å². The van der Waals surface area contributed by atoms with Crippen LogP contribution in [-0.4, -0.2) is 11.9 Å². The van der Waals surface area contributed by atoms with E-state index < -0.39 is 93.9 Å². The minimum absolute atomic E-state index is 0.0981. The van der Waals surface area contributed by atoms with E-state index in [1.807, 2.05) is 0 Å². The highest BCUT2D eigenvalue weighted by atomic mass is 19.4. The monoisotopic (exact) mass is 612 g/mol. The Labute approximate surface area is 224 Å². The summed E-state index contributed by atoms with van der Waals surface area (Å²) in [5.74, 6) is -9.68. The van der Waals surface area contributed by atoms with Gasteiger partial charge in [-0.05, 0) is 55.7 Å². The molecular formula is C25H20F12O4. The van der Waals surface area contributed by atoms with Crippen molar-refractivity contribution in [3.05, 3.63) is 57.6 Å². The van der Waals surface area contributed by atoms with Gasteiger partial charge in [-0.1, -0.05) is 19.8 Å². The van der Waals surface area contributed by atoms with Crippen molar-refractivity contribution < 1.29 is 71.7 Å². The Kier molecular flexibility index (Phi) is 9.71. The summed E-state index contributed by atoms with van der Waals surface area (Å²) in [7, 11) is 0. The summed E-state index contributed by atoms with van der Waals surface area (Å²) >= 11 is 0. The Hall–Kier alpha value is -3.46. The van der Waals surface area contributed by atoms with Crippen molar-refractivity contribution in [1.29, 1.82) is 0 Å². The average Bonchev–Trinajstić information content (AvgIpc) is 2.78. The van der Waals surface area contributed by atoms with Crippen LogP contribution in [0.2, 0.25) is 0 Å². The molecule has 0 amide bonds. The molecule has 16 heteroatoms. The normalized spacial score (nSPS) is 13.6. The lowest BCUT2D eigenvalue weighted by atomic mass is 10.0. The number of alkyl halides is 12. The number of esters is 2. The number of benzene rings is 2. The van der Waals surface area contributed by atoms with Crippen LogP contribution in [0.4, 0.5) is 52.7 Å². The zero-order chi connectivity index (χ0) is 31.7. The SMILES string of the molecule is CCCCC(C(=O)Oc1c(C)cc(C(F)(F)F)cc1C(F)(F)F)C(=O)Oc1c(C(F)(F)F)cc(C)cc1C(F)(F)F. The molecular weight excluding hydrogens is 592 g/mol. The fourth-order valence-electron chi connectivity index (χ4n) is 3.67. The fraction of sp³-hybridized carbons (Fsp3) is 0.440. The minimum Gasteiger partial charge on any atom is -0.425 e. The molecule has 0 aliphatic carbocycles. The molecule has 0 saturated heterocycles. The first-order valence-electron chi connectivity index (χ1n) is 11.5. The van der Waals surface area contributed by atoms with E-state index in [2.05, 4.69) is 9.47 Å². The summed E-state index contributed by atoms with van der Waals surface area (Å²) in [6, 6.07) is 0.359. The van der Waals surface area contributed by atoms with E-state index in [0.717, 1.165) is 13.8 Å². The predicted molar refractivity (Wildman–Crippen MR) is 117 cm³/mol. The van der Waals surface area contributed by atoms with Crippen LogP contribution in [0.3, 0.4) is 0 Å². The molecule has 41 heavy (non-hydrogen) atoms. The van der Waals surface area contributed by atoms with E-state index in [4.69, 9.17) is 0 Å². The molecule has 0 aliphatic heterocycles. The molecule has 2 aromatic carbocycles.